The van der Waals surface area contributed by atoms with E-state index in [2.05, 4.69) is 0 Å². The van der Waals surface area contributed by atoms with Gasteiger partial charge in [0.25, 0.3) is 0 Å². The third kappa shape index (κ3) is 4.23. The van der Waals surface area contributed by atoms with Crippen LogP contribution in [0.1, 0.15) is 28.7 Å². The molecule has 2 aromatic rings. The van der Waals surface area contributed by atoms with E-state index < -0.39 is 15.8 Å². The maximum absolute atomic E-state index is 12.3. The smallest absolute Gasteiger partial charge is 0.312 e. The first-order valence-electron chi connectivity index (χ1n) is 7.77. The van der Waals surface area contributed by atoms with Crippen molar-refractivity contribution in [2.24, 2.45) is 0 Å². The van der Waals surface area contributed by atoms with E-state index in [0.717, 1.165) is 22.3 Å². The first-order valence-corrected chi connectivity index (χ1v) is 9.43. The van der Waals surface area contributed by atoms with Crippen LogP contribution < -0.4 is 4.74 Å². The fourth-order valence-corrected chi connectivity index (χ4v) is 3.55. The second kappa shape index (κ2) is 7.18. The summed E-state index contributed by atoms with van der Waals surface area (Å²) in [5.41, 5.74) is 3.76. The van der Waals surface area contributed by atoms with Gasteiger partial charge in [0.15, 0.2) is 9.84 Å². The standard InChI is InChI=1S/C19H22O4S/c1-13-5-9-17(10-6-13)24(21,22)12-11-18(20)23-19-15(3)8-7-14(2)16(19)4/h5-10H,11-12H2,1-4H3. The normalized spacial score (nSPS) is 11.3. The molecular formula is C19H22O4S. The quantitative estimate of drug-likeness (QED) is 0.612. The molecule has 0 spiro atoms. The molecular weight excluding hydrogens is 324 g/mol. The van der Waals surface area contributed by atoms with Crippen molar-refractivity contribution in [2.45, 2.75) is 39.0 Å². The summed E-state index contributed by atoms with van der Waals surface area (Å²) in [4.78, 5) is 12.3. The van der Waals surface area contributed by atoms with Crippen LogP contribution in [0.5, 0.6) is 5.75 Å². The molecule has 2 rings (SSSR count). The Balaban J connectivity index is 2.06. The van der Waals surface area contributed by atoms with Gasteiger partial charge >= 0.3 is 5.97 Å². The van der Waals surface area contributed by atoms with Gasteiger partial charge in [-0.05, 0) is 56.5 Å². The number of rotatable bonds is 5. The van der Waals surface area contributed by atoms with Crippen LogP contribution in [0.25, 0.3) is 0 Å². The van der Waals surface area contributed by atoms with E-state index in [-0.39, 0.29) is 17.1 Å². The summed E-state index contributed by atoms with van der Waals surface area (Å²) in [6, 6.07) is 10.4. The van der Waals surface area contributed by atoms with E-state index in [9.17, 15) is 13.2 Å². The molecule has 0 aromatic heterocycles. The Morgan fingerprint density at radius 1 is 0.917 bits per heavy atom. The van der Waals surface area contributed by atoms with Crippen molar-refractivity contribution in [3.63, 3.8) is 0 Å². The Morgan fingerprint density at radius 2 is 1.50 bits per heavy atom. The van der Waals surface area contributed by atoms with Gasteiger partial charge in [-0.25, -0.2) is 8.42 Å². The Labute approximate surface area is 143 Å². The average molecular weight is 346 g/mol. The van der Waals surface area contributed by atoms with Crippen LogP contribution in [0, 0.1) is 27.7 Å². The molecule has 0 saturated carbocycles. The van der Waals surface area contributed by atoms with Gasteiger partial charge in [-0.3, -0.25) is 4.79 Å². The lowest BCUT2D eigenvalue weighted by atomic mass is 10.1. The molecule has 24 heavy (non-hydrogen) atoms. The number of aryl methyl sites for hydroxylation is 3. The lowest BCUT2D eigenvalue weighted by Gasteiger charge is -2.12. The van der Waals surface area contributed by atoms with Crippen molar-refractivity contribution >= 4 is 15.8 Å². The molecule has 0 fully saturated rings. The lowest BCUT2D eigenvalue weighted by molar-refractivity contribution is -0.134. The predicted octanol–water partition coefficient (Wildman–Crippen LogP) is 3.69. The molecule has 0 atom stereocenters. The number of carbonyl (C=O) groups is 1. The Kier molecular flexibility index (Phi) is 5.44. The zero-order valence-corrected chi connectivity index (χ0v) is 15.2. The fourth-order valence-electron chi connectivity index (χ4n) is 2.33. The molecule has 2 aromatic carbocycles. The SMILES string of the molecule is Cc1ccc(S(=O)(=O)CCC(=O)Oc2c(C)ccc(C)c2C)cc1. The summed E-state index contributed by atoms with van der Waals surface area (Å²) < 4.78 is 30.0. The number of hydrogen-bond acceptors (Lipinski definition) is 4. The van der Waals surface area contributed by atoms with Gasteiger partial charge in [0.1, 0.15) is 5.75 Å². The molecule has 0 saturated heterocycles. The van der Waals surface area contributed by atoms with E-state index >= 15 is 0 Å². The molecule has 4 nitrogen and oxygen atoms in total. The van der Waals surface area contributed by atoms with Crippen LogP contribution in [-0.4, -0.2) is 20.1 Å². The summed E-state index contributed by atoms with van der Waals surface area (Å²) in [6.07, 6.45) is -0.178. The zero-order valence-electron chi connectivity index (χ0n) is 14.4. The molecule has 5 heteroatoms. The monoisotopic (exact) mass is 346 g/mol. The number of benzene rings is 2. The van der Waals surface area contributed by atoms with Gasteiger partial charge < -0.3 is 4.74 Å². The van der Waals surface area contributed by atoms with Gasteiger partial charge in [0.2, 0.25) is 0 Å². The van der Waals surface area contributed by atoms with Gasteiger partial charge in [-0.2, -0.15) is 0 Å². The molecule has 0 heterocycles. The number of esters is 1. The Hall–Kier alpha value is -2.14. The van der Waals surface area contributed by atoms with Crippen LogP contribution in [0.15, 0.2) is 41.3 Å². The van der Waals surface area contributed by atoms with E-state index in [1.165, 1.54) is 0 Å². The highest BCUT2D eigenvalue weighted by Crippen LogP contribution is 2.26. The number of sulfone groups is 1. The summed E-state index contributed by atoms with van der Waals surface area (Å²) >= 11 is 0. The first-order chi connectivity index (χ1) is 11.2. The second-order valence-electron chi connectivity index (χ2n) is 6.01. The molecule has 0 unspecified atom stereocenters. The van der Waals surface area contributed by atoms with Crippen molar-refractivity contribution in [1.29, 1.82) is 0 Å². The lowest BCUT2D eigenvalue weighted by Crippen LogP contribution is -2.16. The third-order valence-electron chi connectivity index (χ3n) is 4.04. The predicted molar refractivity (Wildman–Crippen MR) is 94.1 cm³/mol. The Morgan fingerprint density at radius 3 is 2.12 bits per heavy atom. The Bertz CT molecular complexity index is 850. The second-order valence-corrected chi connectivity index (χ2v) is 8.12. The maximum atomic E-state index is 12.3. The van der Waals surface area contributed by atoms with Crippen molar-refractivity contribution < 1.29 is 17.9 Å². The fraction of sp³-hybridized carbons (Fsp3) is 0.316. The van der Waals surface area contributed by atoms with E-state index in [1.54, 1.807) is 24.3 Å². The van der Waals surface area contributed by atoms with E-state index in [1.807, 2.05) is 39.8 Å². The minimum absolute atomic E-state index is 0.178. The number of carbonyl (C=O) groups excluding carboxylic acids is 1. The van der Waals surface area contributed by atoms with Gasteiger partial charge in [0, 0.05) is 0 Å². The topological polar surface area (TPSA) is 60.4 Å². The van der Waals surface area contributed by atoms with Crippen LogP contribution in [0.3, 0.4) is 0 Å². The molecule has 0 aliphatic rings. The molecule has 0 amide bonds. The highest BCUT2D eigenvalue weighted by atomic mass is 32.2. The van der Waals surface area contributed by atoms with Gasteiger partial charge in [-0.15, -0.1) is 0 Å². The molecule has 0 radical (unpaired) electrons. The van der Waals surface area contributed by atoms with Crippen molar-refractivity contribution in [3.8, 4) is 5.75 Å². The van der Waals surface area contributed by atoms with Gasteiger partial charge in [-0.1, -0.05) is 29.8 Å². The largest absolute Gasteiger partial charge is 0.426 e. The van der Waals surface area contributed by atoms with Gasteiger partial charge in [0.05, 0.1) is 17.1 Å². The van der Waals surface area contributed by atoms with Crippen molar-refractivity contribution in [2.75, 3.05) is 5.75 Å². The molecule has 0 aliphatic heterocycles. The zero-order chi connectivity index (χ0) is 17.9. The van der Waals surface area contributed by atoms with Crippen LogP contribution >= 0.6 is 0 Å². The summed E-state index contributed by atoms with van der Waals surface area (Å²) in [7, 11) is -3.49. The van der Waals surface area contributed by atoms with Crippen molar-refractivity contribution in [1.82, 2.24) is 0 Å². The highest BCUT2D eigenvalue weighted by Gasteiger charge is 2.18. The average Bonchev–Trinajstić information content (AvgIpc) is 2.54. The first kappa shape index (κ1) is 18.2. The summed E-state index contributed by atoms with van der Waals surface area (Å²) in [5, 5.41) is 0. The molecule has 128 valence electrons. The molecule has 0 bridgehead atoms. The number of hydrogen-bond donors (Lipinski definition) is 0. The summed E-state index contributed by atoms with van der Waals surface area (Å²) in [5.74, 6) is -0.283. The number of ether oxygens (including phenoxy) is 1. The minimum Gasteiger partial charge on any atom is -0.426 e. The highest BCUT2D eigenvalue weighted by molar-refractivity contribution is 7.91. The van der Waals surface area contributed by atoms with Crippen molar-refractivity contribution in [3.05, 3.63) is 58.7 Å². The van der Waals surface area contributed by atoms with Crippen LogP contribution in [-0.2, 0) is 14.6 Å². The van der Waals surface area contributed by atoms with Crippen LogP contribution in [0.2, 0.25) is 0 Å². The minimum atomic E-state index is -3.49. The maximum Gasteiger partial charge on any atom is 0.312 e. The summed E-state index contributed by atoms with van der Waals surface area (Å²) in [6.45, 7) is 7.57. The van der Waals surface area contributed by atoms with E-state index in [4.69, 9.17) is 4.74 Å². The van der Waals surface area contributed by atoms with E-state index in [0.29, 0.717) is 5.75 Å². The molecule has 0 N–H and O–H groups in total. The van der Waals surface area contributed by atoms with Crippen LogP contribution in [0.4, 0.5) is 0 Å². The molecule has 0 aliphatic carbocycles. The third-order valence-corrected chi connectivity index (χ3v) is 5.78.